The maximum absolute atomic E-state index is 16.3. The molecule has 1 N–H and O–H groups in total. The molecule has 1 aliphatic rings. The Morgan fingerprint density at radius 1 is 1.19 bits per heavy atom. The number of aliphatic hydroxyl groups is 1. The van der Waals surface area contributed by atoms with Crippen molar-refractivity contribution in [2.45, 2.75) is 25.4 Å². The molecule has 7 nitrogen and oxygen atoms in total. The van der Waals surface area contributed by atoms with Crippen LogP contribution in [0.15, 0.2) is 36.7 Å². The first-order valence-electron chi connectivity index (χ1n) is 11.5. The molecule has 10 heteroatoms. The number of aromatic nitrogens is 2. The minimum atomic E-state index is -1.12. The zero-order valence-electron chi connectivity index (χ0n) is 19.9. The van der Waals surface area contributed by atoms with E-state index in [0.29, 0.717) is 18.6 Å². The third-order valence-electron chi connectivity index (χ3n) is 5.85. The zero-order chi connectivity index (χ0) is 25.8. The van der Waals surface area contributed by atoms with E-state index in [-0.39, 0.29) is 35.8 Å². The highest BCUT2D eigenvalue weighted by atomic mass is 19.1. The van der Waals surface area contributed by atoms with Crippen molar-refractivity contribution in [2.24, 2.45) is 0 Å². The first kappa shape index (κ1) is 25.6. The summed E-state index contributed by atoms with van der Waals surface area (Å²) in [5, 5.41) is 8.91. The summed E-state index contributed by atoms with van der Waals surface area (Å²) in [6.07, 6.45) is 4.27. The van der Waals surface area contributed by atoms with Crippen molar-refractivity contribution in [3.8, 4) is 28.1 Å². The second-order valence-electron chi connectivity index (χ2n) is 8.54. The van der Waals surface area contributed by atoms with Gasteiger partial charge in [-0.1, -0.05) is 6.07 Å². The van der Waals surface area contributed by atoms with E-state index in [4.69, 9.17) is 14.6 Å². The summed E-state index contributed by atoms with van der Waals surface area (Å²) >= 11 is 0. The molecule has 0 aliphatic carbocycles. The van der Waals surface area contributed by atoms with Crippen molar-refractivity contribution in [1.29, 1.82) is 0 Å². The van der Waals surface area contributed by atoms with Crippen molar-refractivity contribution in [3.05, 3.63) is 65.4 Å². The average Bonchev–Trinajstić information content (AvgIpc) is 2.88. The Kier molecular flexibility index (Phi) is 7.85. The molecule has 36 heavy (non-hydrogen) atoms. The highest BCUT2D eigenvalue weighted by molar-refractivity contribution is 6.00. The van der Waals surface area contributed by atoms with Crippen LogP contribution in [0, 0.1) is 17.5 Å². The molecule has 1 amide bonds. The third-order valence-corrected chi connectivity index (χ3v) is 5.85. The molecule has 0 radical (unpaired) electrons. The topological polar surface area (TPSA) is 84.8 Å². The van der Waals surface area contributed by atoms with Crippen LogP contribution in [0.25, 0.3) is 22.4 Å². The van der Waals surface area contributed by atoms with E-state index in [0.717, 1.165) is 25.0 Å². The number of pyridine rings is 2. The number of ether oxygens (including phenoxy) is 2. The van der Waals surface area contributed by atoms with Gasteiger partial charge in [0.25, 0.3) is 5.91 Å². The Morgan fingerprint density at radius 2 is 1.94 bits per heavy atom. The lowest BCUT2D eigenvalue weighted by Crippen LogP contribution is -2.26. The molecule has 1 atom stereocenters. The van der Waals surface area contributed by atoms with E-state index in [1.54, 1.807) is 12.1 Å². The SMILES string of the molecule is CN(C)C(=O)c1nc(-c2c(F)cc(OCCO)cc2F)c(F)c(C2CCCCO2)c1-c1cccnc1. The largest absolute Gasteiger partial charge is 0.491 e. The number of nitrogens with zero attached hydrogens (tertiary/aromatic N) is 3. The van der Waals surface area contributed by atoms with Crippen molar-refractivity contribution in [3.63, 3.8) is 0 Å². The standard InChI is InChI=1S/C26H26F3N3O4/c1-32(2)26(34)25-20(15-6-5-8-30-14-15)22(19-7-3-4-10-36-19)23(29)24(31-25)21-17(27)12-16(13-18(21)28)35-11-9-33/h5-6,8,12-14,19,33H,3-4,7,9-11H2,1-2H3. The summed E-state index contributed by atoms with van der Waals surface area (Å²) in [5.74, 6) is -3.96. The fourth-order valence-electron chi connectivity index (χ4n) is 4.21. The Bertz CT molecular complexity index is 1230. The van der Waals surface area contributed by atoms with Crippen LogP contribution in [0.1, 0.15) is 41.4 Å². The van der Waals surface area contributed by atoms with Crippen LogP contribution in [-0.4, -0.2) is 59.8 Å². The van der Waals surface area contributed by atoms with Crippen LogP contribution in [0.3, 0.4) is 0 Å². The smallest absolute Gasteiger partial charge is 0.272 e. The Morgan fingerprint density at radius 3 is 2.53 bits per heavy atom. The van der Waals surface area contributed by atoms with Gasteiger partial charge >= 0.3 is 0 Å². The molecule has 3 heterocycles. The predicted molar refractivity (Wildman–Crippen MR) is 126 cm³/mol. The third kappa shape index (κ3) is 5.05. The number of amides is 1. The fraction of sp³-hybridized carbons (Fsp3) is 0.346. The lowest BCUT2D eigenvalue weighted by Gasteiger charge is -2.28. The Hall–Kier alpha value is -3.50. The van der Waals surface area contributed by atoms with Gasteiger partial charge in [-0.05, 0) is 25.3 Å². The molecule has 1 saturated heterocycles. The van der Waals surface area contributed by atoms with Crippen LogP contribution in [-0.2, 0) is 4.74 Å². The minimum absolute atomic E-state index is 0.0114. The van der Waals surface area contributed by atoms with Crippen molar-refractivity contribution in [2.75, 3.05) is 33.9 Å². The molecule has 1 aliphatic heterocycles. The molecule has 4 rings (SSSR count). The van der Waals surface area contributed by atoms with Crippen LogP contribution in [0.5, 0.6) is 5.75 Å². The number of aliphatic hydroxyl groups excluding tert-OH is 1. The van der Waals surface area contributed by atoms with Gasteiger partial charge in [-0.25, -0.2) is 18.2 Å². The van der Waals surface area contributed by atoms with Crippen LogP contribution in [0.2, 0.25) is 0 Å². The summed E-state index contributed by atoms with van der Waals surface area (Å²) in [6, 6.07) is 5.07. The molecule has 2 aromatic heterocycles. The van der Waals surface area contributed by atoms with E-state index >= 15 is 13.2 Å². The summed E-state index contributed by atoms with van der Waals surface area (Å²) in [5.41, 5.74) is -0.922. The number of rotatable bonds is 7. The van der Waals surface area contributed by atoms with Gasteiger partial charge in [-0.3, -0.25) is 9.78 Å². The number of hydrogen-bond donors (Lipinski definition) is 1. The quantitative estimate of drug-likeness (QED) is 0.512. The molecule has 0 spiro atoms. The minimum Gasteiger partial charge on any atom is -0.491 e. The summed E-state index contributed by atoms with van der Waals surface area (Å²) in [6.45, 7) is -0.141. The summed E-state index contributed by atoms with van der Waals surface area (Å²) in [7, 11) is 3.01. The van der Waals surface area contributed by atoms with Gasteiger partial charge in [0.1, 0.15) is 35.4 Å². The molecule has 3 aromatic rings. The Labute approximate surface area is 206 Å². The molecule has 0 saturated carbocycles. The molecular weight excluding hydrogens is 475 g/mol. The maximum atomic E-state index is 16.3. The lowest BCUT2D eigenvalue weighted by atomic mass is 9.89. The molecule has 0 bridgehead atoms. The molecule has 1 aromatic carbocycles. The van der Waals surface area contributed by atoms with Gasteiger partial charge in [0.15, 0.2) is 5.82 Å². The van der Waals surface area contributed by atoms with E-state index in [1.807, 2.05) is 0 Å². The second-order valence-corrected chi connectivity index (χ2v) is 8.54. The first-order valence-corrected chi connectivity index (χ1v) is 11.5. The number of carbonyl (C=O) groups is 1. The summed E-state index contributed by atoms with van der Waals surface area (Å²) in [4.78, 5) is 22.8. The van der Waals surface area contributed by atoms with E-state index in [9.17, 15) is 4.79 Å². The van der Waals surface area contributed by atoms with Crippen molar-refractivity contribution in [1.82, 2.24) is 14.9 Å². The van der Waals surface area contributed by atoms with Crippen molar-refractivity contribution < 1.29 is 32.5 Å². The van der Waals surface area contributed by atoms with Gasteiger partial charge in [0.05, 0.1) is 18.3 Å². The van der Waals surface area contributed by atoms with Crippen LogP contribution < -0.4 is 4.74 Å². The van der Waals surface area contributed by atoms with E-state index < -0.39 is 40.7 Å². The number of hydrogen-bond acceptors (Lipinski definition) is 6. The maximum Gasteiger partial charge on any atom is 0.272 e. The predicted octanol–water partition coefficient (Wildman–Crippen LogP) is 4.54. The highest BCUT2D eigenvalue weighted by Gasteiger charge is 2.33. The van der Waals surface area contributed by atoms with E-state index in [2.05, 4.69) is 9.97 Å². The summed E-state index contributed by atoms with van der Waals surface area (Å²) < 4.78 is 57.6. The normalized spacial score (nSPS) is 15.6. The molecule has 1 unspecified atom stereocenters. The van der Waals surface area contributed by atoms with Gasteiger partial charge in [0, 0.05) is 61.9 Å². The number of carbonyl (C=O) groups excluding carboxylic acids is 1. The van der Waals surface area contributed by atoms with E-state index in [1.165, 1.54) is 31.4 Å². The lowest BCUT2D eigenvalue weighted by molar-refractivity contribution is 0.0131. The van der Waals surface area contributed by atoms with Gasteiger partial charge in [0.2, 0.25) is 0 Å². The first-order chi connectivity index (χ1) is 17.3. The molecular formula is C26H26F3N3O4. The van der Waals surface area contributed by atoms with Gasteiger partial charge in [-0.15, -0.1) is 0 Å². The van der Waals surface area contributed by atoms with Crippen molar-refractivity contribution >= 4 is 5.91 Å². The highest BCUT2D eigenvalue weighted by Crippen LogP contribution is 2.42. The Balaban J connectivity index is 2.03. The second kappa shape index (κ2) is 11.0. The van der Waals surface area contributed by atoms with Gasteiger partial charge in [-0.2, -0.15) is 0 Å². The monoisotopic (exact) mass is 501 g/mol. The molecule has 1 fully saturated rings. The number of benzene rings is 1. The van der Waals surface area contributed by atoms with Crippen LogP contribution in [0.4, 0.5) is 13.2 Å². The fourth-order valence-corrected chi connectivity index (χ4v) is 4.21. The number of halogens is 3. The average molecular weight is 502 g/mol. The van der Waals surface area contributed by atoms with Crippen LogP contribution >= 0.6 is 0 Å². The van der Waals surface area contributed by atoms with Gasteiger partial charge < -0.3 is 19.5 Å². The zero-order valence-corrected chi connectivity index (χ0v) is 19.9. The molecule has 190 valence electrons.